The predicted octanol–water partition coefficient (Wildman–Crippen LogP) is 3.47. The average Bonchev–Trinajstić information content (AvgIpc) is 3.33. The standard InChI is InChI=1S/C24H23N3O3/c1-15-3-5-20-18(9-15)19-13-26(2)8-7-21(19)27(20)24(28)17(12-25)10-16-4-6-22-23(11-16)30-14-29-22/h3-6,9-11,19,21H,7-8,13-14H2,1-2H3/b17-10+/t19-,21-/m0/s1. The van der Waals surface area contributed by atoms with Gasteiger partial charge in [-0.3, -0.25) is 4.79 Å². The maximum Gasteiger partial charge on any atom is 0.269 e. The molecular weight excluding hydrogens is 378 g/mol. The number of amides is 1. The lowest BCUT2D eigenvalue weighted by atomic mass is 9.88. The molecular formula is C24H23N3O3. The van der Waals surface area contributed by atoms with E-state index in [2.05, 4.69) is 31.0 Å². The molecule has 3 aliphatic rings. The van der Waals surface area contributed by atoms with Crippen LogP contribution in [0.4, 0.5) is 5.69 Å². The molecule has 2 aromatic carbocycles. The van der Waals surface area contributed by atoms with E-state index in [1.54, 1.807) is 18.2 Å². The number of piperidine rings is 1. The molecule has 6 nitrogen and oxygen atoms in total. The van der Waals surface area contributed by atoms with Crippen molar-refractivity contribution < 1.29 is 14.3 Å². The van der Waals surface area contributed by atoms with E-state index in [0.717, 1.165) is 30.8 Å². The van der Waals surface area contributed by atoms with Crippen LogP contribution < -0.4 is 14.4 Å². The first kappa shape index (κ1) is 18.7. The Morgan fingerprint density at radius 3 is 2.87 bits per heavy atom. The maximum absolute atomic E-state index is 13.6. The topological polar surface area (TPSA) is 65.8 Å². The van der Waals surface area contributed by atoms with E-state index in [0.29, 0.717) is 11.5 Å². The minimum Gasteiger partial charge on any atom is -0.454 e. The van der Waals surface area contributed by atoms with Crippen molar-refractivity contribution in [3.63, 3.8) is 0 Å². The third kappa shape index (κ3) is 3.03. The van der Waals surface area contributed by atoms with Gasteiger partial charge in [0.05, 0.1) is 0 Å². The van der Waals surface area contributed by atoms with Crippen molar-refractivity contribution in [3.05, 3.63) is 58.7 Å². The molecule has 0 spiro atoms. The molecule has 2 atom stereocenters. The van der Waals surface area contributed by atoms with Crippen LogP contribution in [0.15, 0.2) is 42.0 Å². The van der Waals surface area contributed by atoms with Crippen molar-refractivity contribution in [2.24, 2.45) is 0 Å². The molecule has 0 radical (unpaired) electrons. The fourth-order valence-electron chi connectivity index (χ4n) is 4.79. The number of rotatable bonds is 2. The van der Waals surface area contributed by atoms with Crippen molar-refractivity contribution in [2.45, 2.75) is 25.3 Å². The lowest BCUT2D eigenvalue weighted by Crippen LogP contribution is -2.47. The summed E-state index contributed by atoms with van der Waals surface area (Å²) in [6.07, 6.45) is 2.53. The number of hydrogen-bond donors (Lipinski definition) is 0. The molecule has 1 amide bonds. The minimum atomic E-state index is -0.239. The normalized spacial score (nSPS) is 22.4. The van der Waals surface area contributed by atoms with Gasteiger partial charge in [-0.25, -0.2) is 0 Å². The predicted molar refractivity (Wildman–Crippen MR) is 113 cm³/mol. The summed E-state index contributed by atoms with van der Waals surface area (Å²) in [5, 5.41) is 9.81. The van der Waals surface area contributed by atoms with Gasteiger partial charge in [0.2, 0.25) is 6.79 Å². The Balaban J connectivity index is 1.52. The summed E-state index contributed by atoms with van der Waals surface area (Å²) >= 11 is 0. The zero-order chi connectivity index (χ0) is 20.8. The lowest BCUT2D eigenvalue weighted by molar-refractivity contribution is -0.115. The first-order chi connectivity index (χ1) is 14.5. The average molecular weight is 401 g/mol. The Hall–Kier alpha value is -3.30. The van der Waals surface area contributed by atoms with Crippen LogP contribution in [0.25, 0.3) is 6.08 Å². The van der Waals surface area contributed by atoms with E-state index in [1.165, 1.54) is 11.1 Å². The SMILES string of the molecule is Cc1ccc2c(c1)[C@@H]1CN(C)CC[C@@H]1N2C(=O)/C(C#N)=C/c1ccc2c(c1)OCO2. The summed E-state index contributed by atoms with van der Waals surface area (Å²) in [5.74, 6) is 1.34. The molecule has 152 valence electrons. The van der Waals surface area contributed by atoms with Crippen LogP contribution in [0.3, 0.4) is 0 Å². The Kier molecular flexibility index (Phi) is 4.48. The number of ether oxygens (including phenoxy) is 2. The lowest BCUT2D eigenvalue weighted by Gasteiger charge is -2.36. The largest absolute Gasteiger partial charge is 0.454 e. The molecule has 30 heavy (non-hydrogen) atoms. The second-order valence-corrected chi connectivity index (χ2v) is 8.24. The van der Waals surface area contributed by atoms with E-state index >= 15 is 0 Å². The number of nitrogens with zero attached hydrogens (tertiary/aromatic N) is 3. The molecule has 3 heterocycles. The van der Waals surface area contributed by atoms with E-state index in [9.17, 15) is 10.1 Å². The Morgan fingerprint density at radius 2 is 2.03 bits per heavy atom. The van der Waals surface area contributed by atoms with Crippen LogP contribution in [0.2, 0.25) is 0 Å². The van der Waals surface area contributed by atoms with Gasteiger partial charge in [-0.15, -0.1) is 0 Å². The maximum atomic E-state index is 13.6. The molecule has 6 heteroatoms. The number of anilines is 1. The first-order valence-electron chi connectivity index (χ1n) is 10.2. The molecule has 5 rings (SSSR count). The monoisotopic (exact) mass is 401 g/mol. The van der Waals surface area contributed by atoms with Gasteiger partial charge in [0.25, 0.3) is 5.91 Å². The summed E-state index contributed by atoms with van der Waals surface area (Å²) in [4.78, 5) is 17.7. The number of benzene rings is 2. The summed E-state index contributed by atoms with van der Waals surface area (Å²) in [7, 11) is 2.12. The zero-order valence-electron chi connectivity index (χ0n) is 17.1. The fourth-order valence-corrected chi connectivity index (χ4v) is 4.79. The summed E-state index contributed by atoms with van der Waals surface area (Å²) in [6.45, 7) is 4.12. The van der Waals surface area contributed by atoms with Crippen LogP contribution in [-0.4, -0.2) is 43.8 Å². The van der Waals surface area contributed by atoms with E-state index < -0.39 is 0 Å². The number of likely N-dealkylation sites (N-methyl/N-ethyl adjacent to an activating group) is 1. The number of nitriles is 1. The number of fused-ring (bicyclic) bond motifs is 4. The number of carbonyl (C=O) groups excluding carboxylic acids is 1. The molecule has 0 bridgehead atoms. The van der Waals surface area contributed by atoms with Gasteiger partial charge < -0.3 is 19.3 Å². The van der Waals surface area contributed by atoms with Gasteiger partial charge in [0.1, 0.15) is 11.6 Å². The van der Waals surface area contributed by atoms with Gasteiger partial charge in [0.15, 0.2) is 11.5 Å². The number of hydrogen-bond acceptors (Lipinski definition) is 5. The molecule has 0 aromatic heterocycles. The van der Waals surface area contributed by atoms with Crippen LogP contribution >= 0.6 is 0 Å². The third-order valence-corrected chi connectivity index (χ3v) is 6.23. The third-order valence-electron chi connectivity index (χ3n) is 6.23. The van der Waals surface area contributed by atoms with Gasteiger partial charge in [-0.05, 0) is 62.3 Å². The second-order valence-electron chi connectivity index (χ2n) is 8.24. The van der Waals surface area contributed by atoms with Crippen molar-refractivity contribution in [1.29, 1.82) is 5.26 Å². The van der Waals surface area contributed by atoms with E-state index in [4.69, 9.17) is 9.47 Å². The first-order valence-corrected chi connectivity index (χ1v) is 10.2. The van der Waals surface area contributed by atoms with Crippen LogP contribution in [-0.2, 0) is 4.79 Å². The molecule has 3 aliphatic heterocycles. The molecule has 0 unspecified atom stereocenters. The molecule has 2 aromatic rings. The van der Waals surface area contributed by atoms with Gasteiger partial charge in [-0.2, -0.15) is 5.26 Å². The van der Waals surface area contributed by atoms with Crippen molar-refractivity contribution in [1.82, 2.24) is 4.90 Å². The highest BCUT2D eigenvalue weighted by molar-refractivity contribution is 6.12. The van der Waals surface area contributed by atoms with Gasteiger partial charge in [0, 0.05) is 24.2 Å². The summed E-state index contributed by atoms with van der Waals surface area (Å²) in [5.41, 5.74) is 4.20. The van der Waals surface area contributed by atoms with Crippen molar-refractivity contribution >= 4 is 17.7 Å². The minimum absolute atomic E-state index is 0.0824. The van der Waals surface area contributed by atoms with Gasteiger partial charge in [-0.1, -0.05) is 23.8 Å². The number of aryl methyl sites for hydroxylation is 1. The van der Waals surface area contributed by atoms with Crippen LogP contribution in [0.5, 0.6) is 11.5 Å². The van der Waals surface area contributed by atoms with Crippen LogP contribution in [0.1, 0.15) is 29.0 Å². The van der Waals surface area contributed by atoms with Crippen molar-refractivity contribution in [3.8, 4) is 17.6 Å². The molecule has 0 saturated carbocycles. The Morgan fingerprint density at radius 1 is 1.20 bits per heavy atom. The van der Waals surface area contributed by atoms with E-state index in [-0.39, 0.29) is 30.2 Å². The Labute approximate surface area is 175 Å². The Bertz CT molecular complexity index is 1100. The molecule has 1 saturated heterocycles. The smallest absolute Gasteiger partial charge is 0.269 e. The zero-order valence-corrected chi connectivity index (χ0v) is 17.1. The molecule has 1 fully saturated rings. The number of carbonyl (C=O) groups is 1. The highest BCUT2D eigenvalue weighted by Crippen LogP contribution is 2.45. The fraction of sp³-hybridized carbons (Fsp3) is 0.333. The second kappa shape index (κ2) is 7.19. The highest BCUT2D eigenvalue weighted by Gasteiger charge is 2.44. The summed E-state index contributed by atoms with van der Waals surface area (Å²) < 4.78 is 10.8. The number of likely N-dealkylation sites (tertiary alicyclic amines) is 1. The van der Waals surface area contributed by atoms with Gasteiger partial charge >= 0.3 is 0 Å². The molecule has 0 N–H and O–H groups in total. The molecule has 0 aliphatic carbocycles. The van der Waals surface area contributed by atoms with E-state index in [1.807, 2.05) is 23.1 Å². The highest BCUT2D eigenvalue weighted by atomic mass is 16.7. The summed E-state index contributed by atoms with van der Waals surface area (Å²) in [6, 6.07) is 13.9. The van der Waals surface area contributed by atoms with Crippen molar-refractivity contribution in [2.75, 3.05) is 31.8 Å². The quantitative estimate of drug-likeness (QED) is 0.570. The van der Waals surface area contributed by atoms with Crippen LogP contribution in [0, 0.1) is 18.3 Å².